The number of hydrogen-bond donors (Lipinski definition) is 0. The van der Waals surface area contributed by atoms with E-state index in [-0.39, 0.29) is 0 Å². The van der Waals surface area contributed by atoms with Gasteiger partial charge in [-0.1, -0.05) is 17.7 Å². The lowest BCUT2D eigenvalue weighted by Crippen LogP contribution is -1.82. The highest BCUT2D eigenvalue weighted by atomic mass is 79.9. The molecule has 0 saturated heterocycles. The molecule has 2 rings (SSSR count). The standard InChI is InChI=1S/C13H13BrS2/c1-9-3-4-13(10(2)5-9)16-8-12-6-11(14)7-15-12/h3-7H,8H2,1-2H3. The summed E-state index contributed by atoms with van der Waals surface area (Å²) >= 11 is 7.21. The molecule has 0 atom stereocenters. The number of hydrogen-bond acceptors (Lipinski definition) is 2. The van der Waals surface area contributed by atoms with Crippen LogP contribution in [0, 0.1) is 13.8 Å². The van der Waals surface area contributed by atoms with Gasteiger partial charge in [-0.05, 0) is 47.5 Å². The molecule has 0 fully saturated rings. The third-order valence-electron chi connectivity index (χ3n) is 2.32. The van der Waals surface area contributed by atoms with Gasteiger partial charge in [-0.3, -0.25) is 0 Å². The first-order chi connectivity index (χ1) is 7.65. The molecule has 3 heteroatoms. The third-order valence-corrected chi connectivity index (χ3v) is 5.43. The van der Waals surface area contributed by atoms with E-state index >= 15 is 0 Å². The number of rotatable bonds is 3. The summed E-state index contributed by atoms with van der Waals surface area (Å²) < 4.78 is 1.19. The van der Waals surface area contributed by atoms with Crippen LogP contribution in [-0.4, -0.2) is 0 Å². The molecule has 0 aliphatic carbocycles. The zero-order valence-corrected chi connectivity index (χ0v) is 12.5. The lowest BCUT2D eigenvalue weighted by molar-refractivity contribution is 1.26. The summed E-state index contributed by atoms with van der Waals surface area (Å²) in [4.78, 5) is 2.80. The predicted molar refractivity (Wildman–Crippen MR) is 77.5 cm³/mol. The Balaban J connectivity index is 2.04. The van der Waals surface area contributed by atoms with Crippen LogP contribution in [0.4, 0.5) is 0 Å². The summed E-state index contributed by atoms with van der Waals surface area (Å²) in [6.45, 7) is 4.32. The fourth-order valence-electron chi connectivity index (χ4n) is 1.54. The Bertz CT molecular complexity index is 488. The first-order valence-electron chi connectivity index (χ1n) is 5.08. The Morgan fingerprint density at radius 2 is 2.06 bits per heavy atom. The first-order valence-corrected chi connectivity index (χ1v) is 7.74. The van der Waals surface area contributed by atoms with Crippen molar-refractivity contribution in [3.63, 3.8) is 0 Å². The highest BCUT2D eigenvalue weighted by Crippen LogP contribution is 2.30. The van der Waals surface area contributed by atoms with E-state index in [2.05, 4.69) is 59.4 Å². The summed E-state index contributed by atoms with van der Waals surface area (Å²) in [5, 5.41) is 2.14. The van der Waals surface area contributed by atoms with Gasteiger partial charge in [0.25, 0.3) is 0 Å². The van der Waals surface area contributed by atoms with E-state index in [9.17, 15) is 0 Å². The molecule has 0 amide bonds. The van der Waals surface area contributed by atoms with Crippen LogP contribution in [-0.2, 0) is 5.75 Å². The van der Waals surface area contributed by atoms with Crippen LogP contribution in [0.2, 0.25) is 0 Å². The number of halogens is 1. The fourth-order valence-corrected chi connectivity index (χ4v) is 4.06. The first kappa shape index (κ1) is 12.2. The van der Waals surface area contributed by atoms with Crippen molar-refractivity contribution < 1.29 is 0 Å². The Kier molecular flexibility index (Phi) is 4.11. The highest BCUT2D eigenvalue weighted by molar-refractivity contribution is 9.10. The van der Waals surface area contributed by atoms with Crippen LogP contribution < -0.4 is 0 Å². The van der Waals surface area contributed by atoms with Crippen molar-refractivity contribution >= 4 is 39.0 Å². The molecule has 0 bridgehead atoms. The van der Waals surface area contributed by atoms with Gasteiger partial charge in [0, 0.05) is 25.4 Å². The summed E-state index contributed by atoms with van der Waals surface area (Å²) in [6, 6.07) is 8.84. The van der Waals surface area contributed by atoms with Gasteiger partial charge in [-0.2, -0.15) is 0 Å². The van der Waals surface area contributed by atoms with E-state index in [1.807, 2.05) is 23.1 Å². The molecule has 0 N–H and O–H groups in total. The van der Waals surface area contributed by atoms with E-state index in [4.69, 9.17) is 0 Å². The van der Waals surface area contributed by atoms with E-state index in [0.717, 1.165) is 5.75 Å². The molecule has 0 spiro atoms. The van der Waals surface area contributed by atoms with Gasteiger partial charge in [0.1, 0.15) is 0 Å². The predicted octanol–water partition coefficient (Wildman–Crippen LogP) is 5.42. The lowest BCUT2D eigenvalue weighted by atomic mass is 10.2. The molecule has 0 unspecified atom stereocenters. The SMILES string of the molecule is Cc1ccc(SCc2cc(Br)cs2)c(C)c1. The summed E-state index contributed by atoms with van der Waals surface area (Å²) in [7, 11) is 0. The van der Waals surface area contributed by atoms with Crippen LogP contribution in [0.3, 0.4) is 0 Å². The summed E-state index contributed by atoms with van der Waals surface area (Å²) in [5.41, 5.74) is 2.71. The number of thiophene rings is 1. The molecule has 0 nitrogen and oxygen atoms in total. The molecular formula is C13H13BrS2. The van der Waals surface area contributed by atoms with Gasteiger partial charge < -0.3 is 0 Å². The van der Waals surface area contributed by atoms with Crippen molar-refractivity contribution in [1.29, 1.82) is 0 Å². The quantitative estimate of drug-likeness (QED) is 0.682. The van der Waals surface area contributed by atoms with Gasteiger partial charge in [-0.15, -0.1) is 23.1 Å². The average molecular weight is 313 g/mol. The lowest BCUT2D eigenvalue weighted by Gasteiger charge is -2.05. The van der Waals surface area contributed by atoms with Gasteiger partial charge in [0.2, 0.25) is 0 Å². The Hall–Kier alpha value is -0.250. The van der Waals surface area contributed by atoms with Gasteiger partial charge in [-0.25, -0.2) is 0 Å². The minimum atomic E-state index is 1.06. The van der Waals surface area contributed by atoms with Crippen molar-refractivity contribution in [1.82, 2.24) is 0 Å². The molecule has 0 aliphatic heterocycles. The second kappa shape index (κ2) is 5.39. The maximum atomic E-state index is 3.48. The van der Waals surface area contributed by atoms with Crippen LogP contribution in [0.15, 0.2) is 39.0 Å². The van der Waals surface area contributed by atoms with Crippen LogP contribution in [0.25, 0.3) is 0 Å². The van der Waals surface area contributed by atoms with Crippen molar-refractivity contribution in [2.24, 2.45) is 0 Å². The van der Waals surface area contributed by atoms with Crippen molar-refractivity contribution in [2.75, 3.05) is 0 Å². The molecule has 0 aliphatic rings. The average Bonchev–Trinajstić information content (AvgIpc) is 2.63. The van der Waals surface area contributed by atoms with Crippen molar-refractivity contribution in [2.45, 2.75) is 24.5 Å². The van der Waals surface area contributed by atoms with Crippen LogP contribution in [0.1, 0.15) is 16.0 Å². The number of aryl methyl sites for hydroxylation is 2. The molecule has 2 aromatic rings. The number of thioether (sulfide) groups is 1. The van der Waals surface area contributed by atoms with E-state index < -0.39 is 0 Å². The second-order valence-electron chi connectivity index (χ2n) is 3.79. The summed E-state index contributed by atoms with van der Waals surface area (Å²) in [6.07, 6.45) is 0. The smallest absolute Gasteiger partial charge is 0.0326 e. The Labute approximate surface area is 113 Å². The summed E-state index contributed by atoms with van der Waals surface area (Å²) in [5.74, 6) is 1.06. The monoisotopic (exact) mass is 312 g/mol. The van der Waals surface area contributed by atoms with E-state index in [1.54, 1.807) is 0 Å². The molecular weight excluding hydrogens is 300 g/mol. The Morgan fingerprint density at radius 1 is 1.25 bits per heavy atom. The van der Waals surface area contributed by atoms with E-state index in [0.29, 0.717) is 0 Å². The van der Waals surface area contributed by atoms with Crippen LogP contribution >= 0.6 is 39.0 Å². The molecule has 1 aromatic heterocycles. The topological polar surface area (TPSA) is 0 Å². The maximum absolute atomic E-state index is 3.48. The zero-order valence-electron chi connectivity index (χ0n) is 9.29. The van der Waals surface area contributed by atoms with Crippen molar-refractivity contribution in [3.8, 4) is 0 Å². The van der Waals surface area contributed by atoms with E-state index in [1.165, 1.54) is 25.4 Å². The largest absolute Gasteiger partial charge is 0.147 e. The molecule has 84 valence electrons. The molecule has 16 heavy (non-hydrogen) atoms. The van der Waals surface area contributed by atoms with Gasteiger partial charge in [0.15, 0.2) is 0 Å². The third kappa shape index (κ3) is 3.12. The fraction of sp³-hybridized carbons (Fsp3) is 0.231. The second-order valence-corrected chi connectivity index (χ2v) is 6.72. The normalized spacial score (nSPS) is 10.7. The van der Waals surface area contributed by atoms with Crippen molar-refractivity contribution in [3.05, 3.63) is 50.1 Å². The minimum Gasteiger partial charge on any atom is -0.147 e. The number of benzene rings is 1. The minimum absolute atomic E-state index is 1.06. The zero-order chi connectivity index (χ0) is 11.5. The maximum Gasteiger partial charge on any atom is 0.0326 e. The molecule has 0 radical (unpaired) electrons. The van der Waals surface area contributed by atoms with Crippen LogP contribution in [0.5, 0.6) is 0 Å². The Morgan fingerprint density at radius 3 is 2.69 bits per heavy atom. The molecule has 0 saturated carbocycles. The molecule has 1 heterocycles. The van der Waals surface area contributed by atoms with Gasteiger partial charge >= 0.3 is 0 Å². The molecule has 1 aromatic carbocycles. The van der Waals surface area contributed by atoms with Gasteiger partial charge in [0.05, 0.1) is 0 Å². The highest BCUT2D eigenvalue weighted by Gasteiger charge is 2.02.